The lowest BCUT2D eigenvalue weighted by atomic mass is 10.1. The first-order chi connectivity index (χ1) is 13.3. The maximum atomic E-state index is 11.8. The van der Waals surface area contributed by atoms with Crippen molar-refractivity contribution in [1.29, 1.82) is 0 Å². The van der Waals surface area contributed by atoms with E-state index in [4.69, 9.17) is 9.52 Å². The van der Waals surface area contributed by atoms with Crippen LogP contribution in [0.15, 0.2) is 46.9 Å². The molecule has 0 spiro atoms. The number of phenols is 3. The van der Waals surface area contributed by atoms with Crippen molar-refractivity contribution in [3.05, 3.63) is 48.0 Å². The molecule has 28 heavy (non-hydrogen) atoms. The van der Waals surface area contributed by atoms with E-state index >= 15 is 0 Å². The Labute approximate surface area is 159 Å². The average Bonchev–Trinajstić information content (AvgIpc) is 3.09. The van der Waals surface area contributed by atoms with Gasteiger partial charge in [0.25, 0.3) is 0 Å². The molecule has 0 fully saturated rings. The number of rotatable bonds is 5. The Morgan fingerprint density at radius 3 is 2.43 bits per heavy atom. The average molecular weight is 383 g/mol. The molecule has 0 aliphatic carbocycles. The molecule has 5 N–H and O–H groups in total. The van der Waals surface area contributed by atoms with Crippen LogP contribution in [0, 0.1) is 0 Å². The maximum absolute atomic E-state index is 11.8. The summed E-state index contributed by atoms with van der Waals surface area (Å²) in [5, 5.41) is 40.8. The monoisotopic (exact) mass is 383 g/mol. The van der Waals surface area contributed by atoms with Gasteiger partial charge in [-0.2, -0.15) is 0 Å². The molecule has 1 amide bonds. The summed E-state index contributed by atoms with van der Waals surface area (Å²) in [4.78, 5) is 22.6. The summed E-state index contributed by atoms with van der Waals surface area (Å²) in [7, 11) is 0. The van der Waals surface area contributed by atoms with Crippen LogP contribution in [0.3, 0.4) is 0 Å². The number of aromatic hydroxyl groups is 3. The quantitative estimate of drug-likeness (QED) is 0.337. The van der Waals surface area contributed by atoms with Crippen LogP contribution in [0.1, 0.15) is 12.5 Å². The van der Waals surface area contributed by atoms with Gasteiger partial charge < -0.3 is 30.2 Å². The van der Waals surface area contributed by atoms with Gasteiger partial charge in [0.2, 0.25) is 5.91 Å². The highest BCUT2D eigenvalue weighted by Gasteiger charge is 2.15. The van der Waals surface area contributed by atoms with E-state index < -0.39 is 17.9 Å². The molecule has 3 rings (SSSR count). The molecule has 0 bridgehead atoms. The van der Waals surface area contributed by atoms with Crippen LogP contribution in [0.5, 0.6) is 17.2 Å². The zero-order valence-corrected chi connectivity index (χ0v) is 14.7. The lowest BCUT2D eigenvalue weighted by Gasteiger charge is -2.06. The van der Waals surface area contributed by atoms with E-state index in [1.165, 1.54) is 37.3 Å². The molecule has 3 aromatic rings. The van der Waals surface area contributed by atoms with E-state index in [1.54, 1.807) is 18.2 Å². The normalized spacial score (nSPS) is 12.3. The summed E-state index contributed by atoms with van der Waals surface area (Å²) < 4.78 is 5.67. The van der Waals surface area contributed by atoms with Crippen LogP contribution in [0.2, 0.25) is 0 Å². The van der Waals surface area contributed by atoms with Crippen molar-refractivity contribution < 1.29 is 34.4 Å². The minimum Gasteiger partial charge on any atom is -0.504 e. The highest BCUT2D eigenvalue weighted by Crippen LogP contribution is 2.37. The van der Waals surface area contributed by atoms with Gasteiger partial charge in [-0.3, -0.25) is 9.59 Å². The molecule has 1 aromatic heterocycles. The summed E-state index contributed by atoms with van der Waals surface area (Å²) in [6.07, 6.45) is 2.66. The van der Waals surface area contributed by atoms with Crippen molar-refractivity contribution in [2.45, 2.75) is 13.0 Å². The Bertz CT molecular complexity index is 1100. The summed E-state index contributed by atoms with van der Waals surface area (Å²) in [5.74, 6) is -2.08. The Morgan fingerprint density at radius 1 is 1.04 bits per heavy atom. The third-order valence-corrected chi connectivity index (χ3v) is 4.10. The number of furan rings is 1. The lowest BCUT2D eigenvalue weighted by Crippen LogP contribution is -2.37. The van der Waals surface area contributed by atoms with Crippen molar-refractivity contribution >= 4 is 28.9 Å². The van der Waals surface area contributed by atoms with Gasteiger partial charge in [-0.25, -0.2) is 0 Å². The molecule has 2 aromatic carbocycles. The van der Waals surface area contributed by atoms with Gasteiger partial charge >= 0.3 is 5.97 Å². The summed E-state index contributed by atoms with van der Waals surface area (Å²) >= 11 is 0. The molecule has 8 nitrogen and oxygen atoms in total. The lowest BCUT2D eigenvalue weighted by molar-refractivity contribution is -0.140. The topological polar surface area (TPSA) is 140 Å². The molecular weight excluding hydrogens is 366 g/mol. The first-order valence-electron chi connectivity index (χ1n) is 8.25. The molecule has 0 aliphatic heterocycles. The highest BCUT2D eigenvalue weighted by molar-refractivity contribution is 5.99. The number of carbonyl (C=O) groups excluding carboxylic acids is 1. The van der Waals surface area contributed by atoms with E-state index in [9.17, 15) is 24.9 Å². The van der Waals surface area contributed by atoms with Crippen molar-refractivity contribution in [1.82, 2.24) is 5.32 Å². The number of fused-ring (bicyclic) bond motifs is 1. The summed E-state index contributed by atoms with van der Waals surface area (Å²) in [6.45, 7) is 1.35. The molecule has 0 radical (unpaired) electrons. The van der Waals surface area contributed by atoms with Crippen LogP contribution in [-0.2, 0) is 9.59 Å². The minimum atomic E-state index is -1.15. The second-order valence-electron chi connectivity index (χ2n) is 6.13. The number of hydrogen-bond acceptors (Lipinski definition) is 6. The molecule has 1 atom stereocenters. The van der Waals surface area contributed by atoms with Crippen LogP contribution in [0.4, 0.5) is 0 Å². The number of hydrogen-bond donors (Lipinski definition) is 5. The summed E-state index contributed by atoms with van der Waals surface area (Å²) in [5.41, 5.74) is 1.22. The Hall–Kier alpha value is -3.94. The van der Waals surface area contributed by atoms with Gasteiger partial charge in [0, 0.05) is 17.0 Å². The fourth-order valence-electron chi connectivity index (χ4n) is 2.58. The zero-order valence-electron chi connectivity index (χ0n) is 14.7. The molecule has 0 aliphatic rings. The fraction of sp³-hybridized carbons (Fsp3) is 0.100. The Kier molecular flexibility index (Phi) is 4.95. The number of amides is 1. The van der Waals surface area contributed by atoms with Crippen molar-refractivity contribution in [2.75, 3.05) is 0 Å². The second-order valence-corrected chi connectivity index (χ2v) is 6.13. The predicted octanol–water partition coefficient (Wildman–Crippen LogP) is 2.82. The molecule has 8 heteroatoms. The molecule has 0 unspecified atom stereocenters. The molecular formula is C20H17NO7. The van der Waals surface area contributed by atoms with Gasteiger partial charge in [-0.05, 0) is 48.9 Å². The maximum Gasteiger partial charge on any atom is 0.325 e. The number of aliphatic carboxylic acids is 1. The zero-order chi connectivity index (χ0) is 20.4. The molecule has 0 saturated heterocycles. The SMILES string of the molecule is C[C@H](NC(=O)/C=C/c1ccc(O)c2oc(-c3ccc(O)c(O)c3)cc12)C(=O)O. The number of nitrogens with one attached hydrogen (secondary N) is 1. The van der Waals surface area contributed by atoms with Crippen molar-refractivity contribution in [3.8, 4) is 28.6 Å². The van der Waals surface area contributed by atoms with E-state index in [2.05, 4.69) is 5.32 Å². The molecule has 1 heterocycles. The second kappa shape index (κ2) is 7.36. The minimum absolute atomic E-state index is 0.106. The third kappa shape index (κ3) is 3.75. The predicted molar refractivity (Wildman–Crippen MR) is 101 cm³/mol. The highest BCUT2D eigenvalue weighted by atomic mass is 16.4. The number of benzene rings is 2. The van der Waals surface area contributed by atoms with Crippen molar-refractivity contribution in [3.63, 3.8) is 0 Å². The first-order valence-corrected chi connectivity index (χ1v) is 8.25. The van der Waals surface area contributed by atoms with Crippen LogP contribution < -0.4 is 5.32 Å². The smallest absolute Gasteiger partial charge is 0.325 e. The Morgan fingerprint density at radius 2 is 1.75 bits per heavy atom. The van der Waals surface area contributed by atoms with E-state index in [0.717, 1.165) is 0 Å². The summed E-state index contributed by atoms with van der Waals surface area (Å²) in [6, 6.07) is 7.75. The van der Waals surface area contributed by atoms with Gasteiger partial charge in [0.15, 0.2) is 22.8 Å². The first kappa shape index (κ1) is 18.8. The van der Waals surface area contributed by atoms with Gasteiger partial charge in [0.05, 0.1) is 0 Å². The number of carboxylic acids is 1. The number of carbonyl (C=O) groups is 2. The third-order valence-electron chi connectivity index (χ3n) is 4.10. The van der Waals surface area contributed by atoms with E-state index in [1.807, 2.05) is 0 Å². The Balaban J connectivity index is 1.96. The van der Waals surface area contributed by atoms with E-state index in [-0.39, 0.29) is 22.8 Å². The van der Waals surface area contributed by atoms with Crippen molar-refractivity contribution in [2.24, 2.45) is 0 Å². The number of carboxylic acid groups (broad SMARTS) is 1. The number of phenolic OH excluding ortho intramolecular Hbond substituents is 3. The largest absolute Gasteiger partial charge is 0.504 e. The van der Waals surface area contributed by atoms with Crippen LogP contribution in [0.25, 0.3) is 28.4 Å². The van der Waals surface area contributed by atoms with Gasteiger partial charge in [-0.1, -0.05) is 6.07 Å². The molecule has 0 saturated carbocycles. The van der Waals surface area contributed by atoms with Gasteiger partial charge in [0.1, 0.15) is 11.8 Å². The standard InChI is InChI=1S/C20H17NO7/c1-10(20(26)27)21-18(25)7-4-11-2-6-15(23)19-13(11)9-17(28-19)12-3-5-14(22)16(24)8-12/h2-10,22-24H,1H3,(H,21,25)(H,26,27)/b7-4+/t10-/m0/s1. The van der Waals surface area contributed by atoms with Crippen LogP contribution in [-0.4, -0.2) is 38.3 Å². The van der Waals surface area contributed by atoms with Gasteiger partial charge in [-0.15, -0.1) is 0 Å². The fourth-order valence-corrected chi connectivity index (χ4v) is 2.58. The van der Waals surface area contributed by atoms with E-state index in [0.29, 0.717) is 22.3 Å². The molecule has 144 valence electrons. The van der Waals surface area contributed by atoms with Crippen LogP contribution >= 0.6 is 0 Å².